The molecule has 0 saturated carbocycles. The first-order valence-corrected chi connectivity index (χ1v) is 8.35. The summed E-state index contributed by atoms with van der Waals surface area (Å²) in [4.78, 5) is 12.3. The monoisotopic (exact) mass is 479 g/mol. The zero-order chi connectivity index (χ0) is 14.9. The molecule has 0 heterocycles. The van der Waals surface area contributed by atoms with Gasteiger partial charge in [0.05, 0.1) is 5.69 Å². The van der Waals surface area contributed by atoms with Gasteiger partial charge < -0.3 is 5.32 Å². The minimum absolute atomic E-state index is 0.224. The molecule has 2 aromatic rings. The van der Waals surface area contributed by atoms with Gasteiger partial charge >= 0.3 is 0 Å². The van der Waals surface area contributed by atoms with Crippen molar-refractivity contribution in [2.24, 2.45) is 0 Å². The molecule has 2 rings (SSSR count). The molecule has 2 nitrogen and oxygen atoms in total. The molecule has 0 bridgehead atoms. The number of carbonyl (C=O) groups excluding carboxylic acids is 1. The molecule has 6 heteroatoms. The number of hydrogen-bond acceptors (Lipinski definition) is 1. The van der Waals surface area contributed by atoms with Gasteiger partial charge in [0.25, 0.3) is 5.91 Å². The smallest absolute Gasteiger partial charge is 0.255 e. The van der Waals surface area contributed by atoms with Crippen LogP contribution in [-0.4, -0.2) is 5.91 Å². The van der Waals surface area contributed by atoms with Crippen molar-refractivity contribution in [2.45, 2.75) is 6.92 Å². The van der Waals surface area contributed by atoms with Gasteiger partial charge in [-0.05, 0) is 74.7 Å². The lowest BCUT2D eigenvalue weighted by Crippen LogP contribution is -2.13. The minimum atomic E-state index is -0.224. The predicted molar refractivity (Wildman–Crippen MR) is 93.7 cm³/mol. The molecule has 0 aliphatic carbocycles. The van der Waals surface area contributed by atoms with E-state index in [1.807, 2.05) is 19.1 Å². The number of hydrogen-bond donors (Lipinski definition) is 1. The summed E-state index contributed by atoms with van der Waals surface area (Å²) in [5, 5.41) is 3.37. The van der Waals surface area contributed by atoms with E-state index in [9.17, 15) is 4.79 Å². The molecule has 0 unspecified atom stereocenters. The third kappa shape index (κ3) is 3.85. The summed E-state index contributed by atoms with van der Waals surface area (Å²) < 4.78 is 2.40. The van der Waals surface area contributed by atoms with Crippen LogP contribution in [0.4, 0.5) is 5.69 Å². The van der Waals surface area contributed by atoms with Gasteiger partial charge in [0.2, 0.25) is 0 Å². The lowest BCUT2D eigenvalue weighted by atomic mass is 10.2. The largest absolute Gasteiger partial charge is 0.320 e. The fourth-order valence-electron chi connectivity index (χ4n) is 1.69. The van der Waals surface area contributed by atoms with E-state index < -0.39 is 0 Å². The Hall–Kier alpha value is -0.360. The Bertz CT molecular complexity index is 645. The summed E-state index contributed by atoms with van der Waals surface area (Å²) in [5.74, 6) is -0.224. The maximum Gasteiger partial charge on any atom is 0.255 e. The van der Waals surface area contributed by atoms with E-state index in [0.29, 0.717) is 16.3 Å². The Labute approximate surface area is 147 Å². The van der Waals surface area contributed by atoms with E-state index in [1.165, 1.54) is 0 Å². The number of rotatable bonds is 2. The molecule has 0 aliphatic rings. The Morgan fingerprint density at radius 2 is 1.65 bits per heavy atom. The molecule has 0 aliphatic heterocycles. The van der Waals surface area contributed by atoms with Crippen LogP contribution in [0.2, 0.25) is 5.02 Å². The molecule has 0 radical (unpaired) electrons. The van der Waals surface area contributed by atoms with Crippen molar-refractivity contribution in [1.29, 1.82) is 0 Å². The van der Waals surface area contributed by atoms with Crippen LogP contribution in [0, 0.1) is 6.92 Å². The molecule has 0 aromatic heterocycles. The van der Waals surface area contributed by atoms with Crippen molar-refractivity contribution in [3.05, 3.63) is 59.9 Å². The third-order valence-corrected chi connectivity index (χ3v) is 4.48. The second kappa shape index (κ2) is 6.60. The van der Waals surface area contributed by atoms with Crippen LogP contribution >= 0.6 is 59.4 Å². The number of anilines is 1. The molecule has 20 heavy (non-hydrogen) atoms. The molecule has 0 fully saturated rings. The van der Waals surface area contributed by atoms with Crippen molar-refractivity contribution in [3.63, 3.8) is 0 Å². The number of nitrogens with one attached hydrogen (secondary N) is 1. The fourth-order valence-corrected chi connectivity index (χ4v) is 4.16. The summed E-state index contributed by atoms with van der Waals surface area (Å²) in [7, 11) is 0. The highest BCUT2D eigenvalue weighted by molar-refractivity contribution is 9.11. The van der Waals surface area contributed by atoms with Crippen LogP contribution < -0.4 is 5.32 Å². The zero-order valence-electron chi connectivity index (χ0n) is 10.3. The van der Waals surface area contributed by atoms with Gasteiger partial charge in [0.1, 0.15) is 0 Å². The molecular formula is C14H9Br3ClNO. The van der Waals surface area contributed by atoms with Gasteiger partial charge in [0.15, 0.2) is 0 Å². The Morgan fingerprint density at radius 1 is 1.05 bits per heavy atom. The fraction of sp³-hybridized carbons (Fsp3) is 0.0714. The summed E-state index contributed by atoms with van der Waals surface area (Å²) in [6.45, 7) is 1.98. The number of amides is 1. The maximum absolute atomic E-state index is 12.3. The maximum atomic E-state index is 12.3. The number of aryl methyl sites for hydroxylation is 1. The SMILES string of the molecule is Cc1cc(Br)c(NC(=O)c2cc(Cl)cc(Br)c2)c(Br)c1. The van der Waals surface area contributed by atoms with Gasteiger partial charge in [-0.3, -0.25) is 4.79 Å². The highest BCUT2D eigenvalue weighted by Crippen LogP contribution is 2.33. The molecule has 104 valence electrons. The molecule has 0 spiro atoms. The second-order valence-electron chi connectivity index (χ2n) is 4.22. The molecule has 2 aromatic carbocycles. The molecule has 1 amide bonds. The van der Waals surface area contributed by atoms with Crippen LogP contribution in [0.3, 0.4) is 0 Å². The first-order chi connectivity index (χ1) is 9.36. The van der Waals surface area contributed by atoms with E-state index in [0.717, 1.165) is 19.0 Å². The lowest BCUT2D eigenvalue weighted by molar-refractivity contribution is 0.102. The molecule has 1 N–H and O–H groups in total. The number of benzene rings is 2. The van der Waals surface area contributed by atoms with Gasteiger partial charge in [-0.15, -0.1) is 0 Å². The van der Waals surface area contributed by atoms with Crippen LogP contribution in [0.15, 0.2) is 43.7 Å². The van der Waals surface area contributed by atoms with Crippen LogP contribution in [0.1, 0.15) is 15.9 Å². The summed E-state index contributed by atoms with van der Waals surface area (Å²) in [6.07, 6.45) is 0. The van der Waals surface area contributed by atoms with Crippen LogP contribution in [-0.2, 0) is 0 Å². The van der Waals surface area contributed by atoms with E-state index in [-0.39, 0.29) is 5.91 Å². The molecular weight excluding hydrogens is 473 g/mol. The Morgan fingerprint density at radius 3 is 2.20 bits per heavy atom. The lowest BCUT2D eigenvalue weighted by Gasteiger charge is -2.11. The molecule has 0 saturated heterocycles. The van der Waals surface area contributed by atoms with Crippen molar-refractivity contribution in [2.75, 3.05) is 5.32 Å². The topological polar surface area (TPSA) is 29.1 Å². The van der Waals surface area contributed by atoms with Crippen molar-refractivity contribution in [3.8, 4) is 0 Å². The highest BCUT2D eigenvalue weighted by Gasteiger charge is 2.13. The number of halogens is 4. The highest BCUT2D eigenvalue weighted by atomic mass is 79.9. The van der Waals surface area contributed by atoms with Crippen molar-refractivity contribution >= 4 is 71.0 Å². The van der Waals surface area contributed by atoms with E-state index in [2.05, 4.69) is 53.1 Å². The second-order valence-corrected chi connectivity index (χ2v) is 7.28. The van der Waals surface area contributed by atoms with Crippen molar-refractivity contribution in [1.82, 2.24) is 0 Å². The van der Waals surface area contributed by atoms with Gasteiger partial charge in [-0.25, -0.2) is 0 Å². The summed E-state index contributed by atoms with van der Waals surface area (Å²) in [5.41, 5.74) is 2.27. The first kappa shape index (κ1) is 16.0. The average molecular weight is 482 g/mol. The van der Waals surface area contributed by atoms with E-state index in [1.54, 1.807) is 18.2 Å². The van der Waals surface area contributed by atoms with Crippen molar-refractivity contribution < 1.29 is 4.79 Å². The van der Waals surface area contributed by atoms with Gasteiger partial charge in [0, 0.05) is 24.0 Å². The first-order valence-electron chi connectivity index (χ1n) is 5.60. The van der Waals surface area contributed by atoms with Gasteiger partial charge in [-0.2, -0.15) is 0 Å². The summed E-state index contributed by atoms with van der Waals surface area (Å²) in [6, 6.07) is 8.95. The normalized spacial score (nSPS) is 10.4. The quantitative estimate of drug-likeness (QED) is 0.544. The van der Waals surface area contributed by atoms with Crippen LogP contribution in [0.5, 0.6) is 0 Å². The van der Waals surface area contributed by atoms with E-state index in [4.69, 9.17) is 11.6 Å². The third-order valence-electron chi connectivity index (χ3n) is 2.55. The van der Waals surface area contributed by atoms with E-state index >= 15 is 0 Å². The Kier molecular flexibility index (Phi) is 5.29. The zero-order valence-corrected chi connectivity index (χ0v) is 15.8. The van der Waals surface area contributed by atoms with Gasteiger partial charge in [-0.1, -0.05) is 27.5 Å². The molecule has 0 atom stereocenters. The Balaban J connectivity index is 2.32. The standard InChI is InChI=1S/C14H9Br3ClNO/c1-7-2-11(16)13(12(17)3-7)19-14(20)8-4-9(15)6-10(18)5-8/h2-6H,1H3,(H,19,20). The average Bonchev–Trinajstić information content (AvgIpc) is 2.32. The predicted octanol–water partition coefficient (Wildman–Crippen LogP) is 6.19. The minimum Gasteiger partial charge on any atom is -0.320 e. The number of carbonyl (C=O) groups is 1. The van der Waals surface area contributed by atoms with Crippen LogP contribution in [0.25, 0.3) is 0 Å². The summed E-state index contributed by atoms with van der Waals surface area (Å²) >= 11 is 16.2.